The molecule has 2 aromatic rings. The SMILES string of the molecule is COC(=O)Cc1ccc(OCc2csc(C(=O)OC)c2)cc1. The zero-order valence-corrected chi connectivity index (χ0v) is 13.1. The third kappa shape index (κ3) is 4.33. The maximum Gasteiger partial charge on any atom is 0.348 e. The lowest BCUT2D eigenvalue weighted by Crippen LogP contribution is -2.04. The minimum absolute atomic E-state index is 0.240. The summed E-state index contributed by atoms with van der Waals surface area (Å²) in [6.45, 7) is 0.365. The molecule has 0 saturated heterocycles. The molecule has 6 heteroatoms. The van der Waals surface area contributed by atoms with Gasteiger partial charge in [0.1, 0.15) is 17.2 Å². The van der Waals surface area contributed by atoms with Crippen LogP contribution in [0.1, 0.15) is 20.8 Å². The van der Waals surface area contributed by atoms with E-state index in [0.717, 1.165) is 11.1 Å². The summed E-state index contributed by atoms with van der Waals surface area (Å²) in [5.41, 5.74) is 1.77. The quantitative estimate of drug-likeness (QED) is 0.766. The molecule has 0 atom stereocenters. The van der Waals surface area contributed by atoms with E-state index in [-0.39, 0.29) is 18.4 Å². The van der Waals surface area contributed by atoms with E-state index in [2.05, 4.69) is 9.47 Å². The summed E-state index contributed by atoms with van der Waals surface area (Å²) in [6, 6.07) is 8.99. The maximum atomic E-state index is 11.4. The van der Waals surface area contributed by atoms with Gasteiger partial charge in [0.15, 0.2) is 0 Å². The number of ether oxygens (including phenoxy) is 3. The van der Waals surface area contributed by atoms with Crippen LogP contribution in [-0.2, 0) is 27.3 Å². The number of benzene rings is 1. The summed E-state index contributed by atoms with van der Waals surface area (Å²) in [5.74, 6) is 0.0742. The van der Waals surface area contributed by atoms with Crippen LogP contribution in [-0.4, -0.2) is 26.2 Å². The third-order valence-corrected chi connectivity index (χ3v) is 3.90. The summed E-state index contributed by atoms with van der Waals surface area (Å²) in [4.78, 5) is 23.1. The van der Waals surface area contributed by atoms with Crippen molar-refractivity contribution in [3.05, 3.63) is 51.7 Å². The van der Waals surface area contributed by atoms with E-state index in [4.69, 9.17) is 4.74 Å². The van der Waals surface area contributed by atoms with Gasteiger partial charge < -0.3 is 14.2 Å². The number of rotatable bonds is 6. The summed E-state index contributed by atoms with van der Waals surface area (Å²) in [6.07, 6.45) is 0.240. The van der Waals surface area contributed by atoms with Gasteiger partial charge in [-0.05, 0) is 29.1 Å². The number of hydrogen-bond donors (Lipinski definition) is 0. The van der Waals surface area contributed by atoms with Crippen LogP contribution in [0.15, 0.2) is 35.7 Å². The number of carbonyl (C=O) groups excluding carboxylic acids is 2. The van der Waals surface area contributed by atoms with Gasteiger partial charge in [-0.1, -0.05) is 12.1 Å². The molecule has 1 aromatic heterocycles. The Kier molecular flexibility index (Phi) is 5.55. The van der Waals surface area contributed by atoms with E-state index in [1.165, 1.54) is 25.6 Å². The standard InChI is InChI=1S/C16H16O5S/c1-19-15(17)8-11-3-5-13(6-4-11)21-9-12-7-14(22-10-12)16(18)20-2/h3-7,10H,8-9H2,1-2H3. The first-order chi connectivity index (χ1) is 10.6. The van der Waals surface area contributed by atoms with Gasteiger partial charge in [-0.3, -0.25) is 4.79 Å². The minimum atomic E-state index is -0.344. The van der Waals surface area contributed by atoms with Crippen molar-refractivity contribution in [3.8, 4) is 5.75 Å². The smallest absolute Gasteiger partial charge is 0.348 e. The Hall–Kier alpha value is -2.34. The van der Waals surface area contributed by atoms with Crippen molar-refractivity contribution in [1.82, 2.24) is 0 Å². The topological polar surface area (TPSA) is 61.8 Å². The van der Waals surface area contributed by atoms with Gasteiger partial charge in [-0.25, -0.2) is 4.79 Å². The van der Waals surface area contributed by atoms with E-state index >= 15 is 0 Å². The second-order valence-corrected chi connectivity index (χ2v) is 5.41. The fourth-order valence-corrected chi connectivity index (χ4v) is 2.58. The molecule has 0 radical (unpaired) electrons. The normalized spacial score (nSPS) is 10.1. The van der Waals surface area contributed by atoms with Crippen LogP contribution in [0.5, 0.6) is 5.75 Å². The van der Waals surface area contributed by atoms with Crippen LogP contribution in [0.25, 0.3) is 0 Å². The van der Waals surface area contributed by atoms with E-state index < -0.39 is 0 Å². The van der Waals surface area contributed by atoms with Crippen molar-refractivity contribution >= 4 is 23.3 Å². The zero-order chi connectivity index (χ0) is 15.9. The molecule has 0 unspecified atom stereocenters. The maximum absolute atomic E-state index is 11.4. The van der Waals surface area contributed by atoms with Crippen LogP contribution < -0.4 is 4.74 Å². The molecule has 1 aromatic carbocycles. The molecule has 2 rings (SSSR count). The van der Waals surface area contributed by atoms with E-state index in [1.54, 1.807) is 18.2 Å². The van der Waals surface area contributed by atoms with Crippen LogP contribution in [0.4, 0.5) is 0 Å². The molecule has 0 amide bonds. The molecule has 0 aliphatic rings. The van der Waals surface area contributed by atoms with Gasteiger partial charge in [-0.2, -0.15) is 0 Å². The Morgan fingerprint density at radius 2 is 1.77 bits per heavy atom. The van der Waals surface area contributed by atoms with E-state index in [1.807, 2.05) is 17.5 Å². The molecule has 1 heterocycles. The fourth-order valence-electron chi connectivity index (χ4n) is 1.77. The van der Waals surface area contributed by atoms with Gasteiger partial charge in [0.25, 0.3) is 0 Å². The van der Waals surface area contributed by atoms with Gasteiger partial charge in [0, 0.05) is 5.56 Å². The molecule has 0 N–H and O–H groups in total. The Balaban J connectivity index is 1.90. The number of esters is 2. The second kappa shape index (κ2) is 7.61. The fraction of sp³-hybridized carbons (Fsp3) is 0.250. The Labute approximate surface area is 132 Å². The highest BCUT2D eigenvalue weighted by molar-refractivity contribution is 7.12. The first-order valence-corrected chi connectivity index (χ1v) is 7.44. The Morgan fingerprint density at radius 1 is 1.05 bits per heavy atom. The lowest BCUT2D eigenvalue weighted by molar-refractivity contribution is -0.139. The average molecular weight is 320 g/mol. The number of methoxy groups -OCH3 is 2. The highest BCUT2D eigenvalue weighted by atomic mass is 32.1. The first-order valence-electron chi connectivity index (χ1n) is 6.56. The van der Waals surface area contributed by atoms with Crippen LogP contribution in [0.2, 0.25) is 0 Å². The third-order valence-electron chi connectivity index (χ3n) is 2.95. The molecule has 0 aliphatic heterocycles. The first kappa shape index (κ1) is 16.0. The van der Waals surface area contributed by atoms with Gasteiger partial charge in [0.05, 0.1) is 20.6 Å². The van der Waals surface area contributed by atoms with E-state index in [9.17, 15) is 9.59 Å². The molecule has 5 nitrogen and oxygen atoms in total. The predicted octanol–water partition coefficient (Wildman–Crippen LogP) is 2.83. The van der Waals surface area contributed by atoms with Crippen molar-refractivity contribution in [2.45, 2.75) is 13.0 Å². The van der Waals surface area contributed by atoms with Crippen molar-refractivity contribution in [2.24, 2.45) is 0 Å². The molecular weight excluding hydrogens is 304 g/mol. The molecule has 0 aliphatic carbocycles. The summed E-state index contributed by atoms with van der Waals surface area (Å²) >= 11 is 1.32. The minimum Gasteiger partial charge on any atom is -0.489 e. The summed E-state index contributed by atoms with van der Waals surface area (Å²) in [7, 11) is 2.72. The highest BCUT2D eigenvalue weighted by Gasteiger charge is 2.09. The number of carbonyl (C=O) groups is 2. The van der Waals surface area contributed by atoms with Gasteiger partial charge >= 0.3 is 11.9 Å². The highest BCUT2D eigenvalue weighted by Crippen LogP contribution is 2.19. The largest absolute Gasteiger partial charge is 0.489 e. The molecule has 22 heavy (non-hydrogen) atoms. The second-order valence-electron chi connectivity index (χ2n) is 4.50. The van der Waals surface area contributed by atoms with Crippen molar-refractivity contribution in [3.63, 3.8) is 0 Å². The summed E-state index contributed by atoms with van der Waals surface area (Å²) < 4.78 is 14.9. The van der Waals surface area contributed by atoms with Crippen molar-refractivity contribution < 1.29 is 23.8 Å². The molecule has 0 saturated carbocycles. The lowest BCUT2D eigenvalue weighted by atomic mass is 10.1. The molecule has 0 fully saturated rings. The van der Waals surface area contributed by atoms with Crippen LogP contribution >= 0.6 is 11.3 Å². The Bertz CT molecular complexity index is 645. The lowest BCUT2D eigenvalue weighted by Gasteiger charge is -2.06. The average Bonchev–Trinajstić information content (AvgIpc) is 3.02. The summed E-state index contributed by atoms with van der Waals surface area (Å²) in [5, 5.41) is 1.86. The van der Waals surface area contributed by atoms with E-state index in [0.29, 0.717) is 17.2 Å². The number of hydrogen-bond acceptors (Lipinski definition) is 6. The van der Waals surface area contributed by atoms with Gasteiger partial charge in [0.2, 0.25) is 0 Å². The molecular formula is C16H16O5S. The van der Waals surface area contributed by atoms with Crippen LogP contribution in [0, 0.1) is 0 Å². The predicted molar refractivity (Wildman–Crippen MR) is 82.2 cm³/mol. The molecule has 0 spiro atoms. The number of thiophene rings is 1. The molecule has 0 bridgehead atoms. The van der Waals surface area contributed by atoms with Crippen molar-refractivity contribution in [2.75, 3.05) is 14.2 Å². The van der Waals surface area contributed by atoms with Gasteiger partial charge in [-0.15, -0.1) is 11.3 Å². The Morgan fingerprint density at radius 3 is 2.41 bits per heavy atom. The zero-order valence-electron chi connectivity index (χ0n) is 12.3. The molecule has 116 valence electrons. The van der Waals surface area contributed by atoms with Crippen LogP contribution in [0.3, 0.4) is 0 Å². The van der Waals surface area contributed by atoms with Crippen molar-refractivity contribution in [1.29, 1.82) is 0 Å². The monoisotopic (exact) mass is 320 g/mol.